The number of nitrogens with two attached hydrogens (primary N) is 1. The van der Waals surface area contributed by atoms with Crippen molar-refractivity contribution in [3.63, 3.8) is 0 Å². The molecule has 76 valence electrons. The van der Waals surface area contributed by atoms with Gasteiger partial charge in [-0.05, 0) is 39.4 Å². The summed E-state index contributed by atoms with van der Waals surface area (Å²) in [6, 6.07) is 1.30. The lowest BCUT2D eigenvalue weighted by atomic mass is 9.86. The average Bonchev–Trinajstić information content (AvgIpc) is 2.25. The van der Waals surface area contributed by atoms with Crippen LogP contribution in [0.15, 0.2) is 0 Å². The molecule has 0 atom stereocenters. The molecule has 13 heavy (non-hydrogen) atoms. The molecule has 0 aromatic heterocycles. The molecular weight excluding hydrogens is 162 g/mol. The molecule has 0 unspecified atom stereocenters. The molecule has 0 amide bonds. The van der Waals surface area contributed by atoms with E-state index in [2.05, 4.69) is 16.8 Å². The Morgan fingerprint density at radius 1 is 1.08 bits per heavy atom. The minimum Gasteiger partial charge on any atom is -0.328 e. The van der Waals surface area contributed by atoms with E-state index in [1.165, 1.54) is 45.4 Å². The summed E-state index contributed by atoms with van der Waals surface area (Å²) in [5, 5.41) is 0. The maximum Gasteiger partial charge on any atom is 0.0125 e. The van der Waals surface area contributed by atoms with Crippen LogP contribution in [0.2, 0.25) is 0 Å². The van der Waals surface area contributed by atoms with Crippen molar-refractivity contribution in [2.24, 2.45) is 5.73 Å². The van der Waals surface area contributed by atoms with E-state index in [9.17, 15) is 0 Å². The van der Waals surface area contributed by atoms with Crippen molar-refractivity contribution in [1.29, 1.82) is 0 Å². The van der Waals surface area contributed by atoms with E-state index in [4.69, 9.17) is 5.73 Å². The van der Waals surface area contributed by atoms with Crippen LogP contribution in [0.3, 0.4) is 0 Å². The van der Waals surface area contributed by atoms with Crippen molar-refractivity contribution in [3.05, 3.63) is 0 Å². The molecule has 0 aromatic rings. The molecule has 3 nitrogen and oxygen atoms in total. The number of hydrogen-bond acceptors (Lipinski definition) is 3. The molecule has 0 spiro atoms. The summed E-state index contributed by atoms with van der Waals surface area (Å²) >= 11 is 0. The molecular formula is C10H21N3. The summed E-state index contributed by atoms with van der Waals surface area (Å²) < 4.78 is 0. The van der Waals surface area contributed by atoms with Crippen LogP contribution in [-0.4, -0.2) is 55.1 Å². The fraction of sp³-hybridized carbons (Fsp3) is 1.00. The summed E-state index contributed by atoms with van der Waals surface area (Å²) in [6.45, 7) is 5.01. The van der Waals surface area contributed by atoms with E-state index < -0.39 is 0 Å². The smallest absolute Gasteiger partial charge is 0.0125 e. The first-order valence-electron chi connectivity index (χ1n) is 5.44. The van der Waals surface area contributed by atoms with E-state index in [1.54, 1.807) is 0 Å². The second-order valence-corrected chi connectivity index (χ2v) is 4.58. The van der Waals surface area contributed by atoms with E-state index >= 15 is 0 Å². The predicted molar refractivity (Wildman–Crippen MR) is 54.7 cm³/mol. The highest BCUT2D eigenvalue weighted by Crippen LogP contribution is 2.24. The SMILES string of the molecule is CN1CCCN(C2CC(N)C2)CC1. The highest BCUT2D eigenvalue weighted by molar-refractivity contribution is 4.90. The molecule has 1 saturated heterocycles. The zero-order valence-corrected chi connectivity index (χ0v) is 8.58. The summed E-state index contributed by atoms with van der Waals surface area (Å²) in [5.41, 5.74) is 5.80. The van der Waals surface area contributed by atoms with Crippen molar-refractivity contribution in [3.8, 4) is 0 Å². The second kappa shape index (κ2) is 3.95. The van der Waals surface area contributed by atoms with Gasteiger partial charge in [0, 0.05) is 25.2 Å². The first-order valence-corrected chi connectivity index (χ1v) is 5.44. The quantitative estimate of drug-likeness (QED) is 0.626. The van der Waals surface area contributed by atoms with Gasteiger partial charge in [0.25, 0.3) is 0 Å². The molecule has 0 radical (unpaired) electrons. The monoisotopic (exact) mass is 183 g/mol. The number of rotatable bonds is 1. The standard InChI is InChI=1S/C10H21N3/c1-12-3-2-4-13(6-5-12)10-7-9(11)8-10/h9-10H,2-8,11H2,1H3. The van der Waals surface area contributed by atoms with Crippen LogP contribution in [0.4, 0.5) is 0 Å². The molecule has 3 heteroatoms. The van der Waals surface area contributed by atoms with Gasteiger partial charge < -0.3 is 10.6 Å². The van der Waals surface area contributed by atoms with Crippen LogP contribution < -0.4 is 5.73 Å². The Labute approximate surface area is 80.9 Å². The van der Waals surface area contributed by atoms with Gasteiger partial charge in [-0.3, -0.25) is 4.90 Å². The lowest BCUT2D eigenvalue weighted by molar-refractivity contribution is 0.115. The third-order valence-corrected chi connectivity index (χ3v) is 3.42. The summed E-state index contributed by atoms with van der Waals surface area (Å²) in [6.07, 6.45) is 3.77. The first kappa shape index (κ1) is 9.44. The van der Waals surface area contributed by atoms with Crippen molar-refractivity contribution in [2.45, 2.75) is 31.3 Å². The molecule has 1 aliphatic heterocycles. The van der Waals surface area contributed by atoms with E-state index in [-0.39, 0.29) is 0 Å². The van der Waals surface area contributed by atoms with Crippen molar-refractivity contribution < 1.29 is 0 Å². The maximum atomic E-state index is 5.80. The fourth-order valence-corrected chi connectivity index (χ4v) is 2.36. The number of hydrogen-bond donors (Lipinski definition) is 1. The Morgan fingerprint density at radius 2 is 1.85 bits per heavy atom. The molecule has 0 aromatic carbocycles. The van der Waals surface area contributed by atoms with Crippen LogP contribution in [0, 0.1) is 0 Å². The summed E-state index contributed by atoms with van der Waals surface area (Å²) in [7, 11) is 2.22. The largest absolute Gasteiger partial charge is 0.328 e. The zero-order chi connectivity index (χ0) is 9.26. The molecule has 1 aliphatic carbocycles. The lowest BCUT2D eigenvalue weighted by Crippen LogP contribution is -2.51. The van der Waals surface area contributed by atoms with Crippen molar-refractivity contribution in [1.82, 2.24) is 9.80 Å². The fourth-order valence-electron chi connectivity index (χ4n) is 2.36. The van der Waals surface area contributed by atoms with E-state index in [1.807, 2.05) is 0 Å². The number of likely N-dealkylation sites (N-methyl/N-ethyl adjacent to an activating group) is 1. The highest BCUT2D eigenvalue weighted by atomic mass is 15.2. The first-order chi connectivity index (χ1) is 6.25. The lowest BCUT2D eigenvalue weighted by Gasteiger charge is -2.41. The Hall–Kier alpha value is -0.120. The van der Waals surface area contributed by atoms with Crippen LogP contribution in [-0.2, 0) is 0 Å². The van der Waals surface area contributed by atoms with Gasteiger partial charge in [0.2, 0.25) is 0 Å². The third-order valence-electron chi connectivity index (χ3n) is 3.42. The van der Waals surface area contributed by atoms with Crippen molar-refractivity contribution >= 4 is 0 Å². The average molecular weight is 183 g/mol. The van der Waals surface area contributed by atoms with Crippen LogP contribution in [0.25, 0.3) is 0 Å². The zero-order valence-electron chi connectivity index (χ0n) is 8.58. The Kier molecular flexibility index (Phi) is 2.86. The van der Waals surface area contributed by atoms with Gasteiger partial charge >= 0.3 is 0 Å². The van der Waals surface area contributed by atoms with Gasteiger partial charge in [-0.2, -0.15) is 0 Å². The van der Waals surface area contributed by atoms with Gasteiger partial charge in [-0.1, -0.05) is 0 Å². The molecule has 1 saturated carbocycles. The second-order valence-electron chi connectivity index (χ2n) is 4.58. The summed E-state index contributed by atoms with van der Waals surface area (Å²) in [5.74, 6) is 0. The van der Waals surface area contributed by atoms with Gasteiger partial charge in [-0.25, -0.2) is 0 Å². The van der Waals surface area contributed by atoms with Gasteiger partial charge in [0.05, 0.1) is 0 Å². The van der Waals surface area contributed by atoms with Gasteiger partial charge in [0.1, 0.15) is 0 Å². The van der Waals surface area contributed by atoms with E-state index in [0.29, 0.717) is 6.04 Å². The minimum absolute atomic E-state index is 0.492. The molecule has 2 aliphatic rings. The predicted octanol–water partition coefficient (Wildman–Crippen LogP) is 0.114. The van der Waals surface area contributed by atoms with Gasteiger partial charge in [0.15, 0.2) is 0 Å². The van der Waals surface area contributed by atoms with Crippen molar-refractivity contribution in [2.75, 3.05) is 33.2 Å². The Bertz CT molecular complexity index is 166. The van der Waals surface area contributed by atoms with Gasteiger partial charge in [-0.15, -0.1) is 0 Å². The molecule has 1 heterocycles. The highest BCUT2D eigenvalue weighted by Gasteiger charge is 2.31. The van der Waals surface area contributed by atoms with E-state index in [0.717, 1.165) is 6.04 Å². The minimum atomic E-state index is 0.492. The van der Waals surface area contributed by atoms with Crippen LogP contribution in [0.1, 0.15) is 19.3 Å². The summed E-state index contributed by atoms with van der Waals surface area (Å²) in [4.78, 5) is 5.06. The normalized spacial score (nSPS) is 38.3. The Balaban J connectivity index is 1.79. The third kappa shape index (κ3) is 2.22. The van der Waals surface area contributed by atoms with Crippen LogP contribution >= 0.6 is 0 Å². The molecule has 2 rings (SSSR count). The molecule has 2 fully saturated rings. The molecule has 2 N–H and O–H groups in total. The van der Waals surface area contributed by atoms with Crippen LogP contribution in [0.5, 0.6) is 0 Å². The molecule has 0 bridgehead atoms. The number of nitrogens with zero attached hydrogens (tertiary/aromatic N) is 2. The topological polar surface area (TPSA) is 32.5 Å². The Morgan fingerprint density at radius 3 is 2.54 bits per heavy atom. The maximum absolute atomic E-state index is 5.80.